The maximum absolute atomic E-state index is 11.6. The van der Waals surface area contributed by atoms with E-state index in [2.05, 4.69) is 9.98 Å². The Morgan fingerprint density at radius 1 is 1.47 bits per heavy atom. The fraction of sp³-hybridized carbons (Fsp3) is 0.500. The van der Waals surface area contributed by atoms with Crippen molar-refractivity contribution in [2.45, 2.75) is 25.7 Å². The lowest BCUT2D eigenvalue weighted by atomic mass is 10.0. The molecule has 0 saturated heterocycles. The van der Waals surface area contributed by atoms with Gasteiger partial charge in [0.2, 0.25) is 5.91 Å². The van der Waals surface area contributed by atoms with Crippen molar-refractivity contribution in [2.75, 3.05) is 7.11 Å². The second-order valence-corrected chi connectivity index (χ2v) is 5.23. The molecule has 2 N–H and O–H groups in total. The number of amidine groups is 1. The highest BCUT2D eigenvalue weighted by Gasteiger charge is 2.34. The van der Waals surface area contributed by atoms with Crippen LogP contribution in [0.2, 0.25) is 0 Å². The normalized spacial score (nSPS) is 22.8. The predicted molar refractivity (Wildman–Crippen MR) is 72.7 cm³/mol. The molecule has 0 aromatic carbocycles. The van der Waals surface area contributed by atoms with Crippen molar-refractivity contribution < 1.29 is 9.53 Å². The van der Waals surface area contributed by atoms with Crippen LogP contribution < -0.4 is 5.73 Å². The molecular formula is C14H17N3O2. The van der Waals surface area contributed by atoms with E-state index in [0.717, 1.165) is 23.6 Å². The highest BCUT2D eigenvalue weighted by molar-refractivity contribution is 6.18. The Balaban J connectivity index is 1.80. The number of allylic oxidation sites excluding steroid dienone is 4. The van der Waals surface area contributed by atoms with Gasteiger partial charge < -0.3 is 10.5 Å². The third-order valence-corrected chi connectivity index (χ3v) is 3.73. The number of rotatable bonds is 5. The molecule has 1 heterocycles. The molecule has 3 rings (SSSR count). The van der Waals surface area contributed by atoms with Crippen molar-refractivity contribution in [3.63, 3.8) is 0 Å². The summed E-state index contributed by atoms with van der Waals surface area (Å²) in [4.78, 5) is 20.5. The second kappa shape index (κ2) is 4.64. The van der Waals surface area contributed by atoms with Gasteiger partial charge in [-0.1, -0.05) is 12.8 Å². The third kappa shape index (κ3) is 2.45. The van der Waals surface area contributed by atoms with E-state index >= 15 is 0 Å². The van der Waals surface area contributed by atoms with Gasteiger partial charge in [-0.2, -0.15) is 0 Å². The average molecular weight is 259 g/mol. The summed E-state index contributed by atoms with van der Waals surface area (Å²) in [6.07, 6.45) is 7.55. The Morgan fingerprint density at radius 3 is 2.89 bits per heavy atom. The van der Waals surface area contributed by atoms with Crippen LogP contribution in [0, 0.1) is 11.8 Å². The molecule has 5 nitrogen and oxygen atoms in total. The number of fused-ring (bicyclic) bond motifs is 1. The van der Waals surface area contributed by atoms with Gasteiger partial charge >= 0.3 is 0 Å². The van der Waals surface area contributed by atoms with Gasteiger partial charge in [-0.3, -0.25) is 4.79 Å². The number of ether oxygens (including phenoxy) is 1. The molecule has 0 bridgehead atoms. The summed E-state index contributed by atoms with van der Waals surface area (Å²) in [6, 6.07) is 0. The lowest BCUT2D eigenvalue weighted by molar-refractivity contribution is -0.120. The monoisotopic (exact) mass is 259 g/mol. The SMILES string of the molecule is COC1=CC=C2N=C(C(CC3CC3)C(N)=O)N=C2C1. The molecule has 1 saturated carbocycles. The number of amides is 1. The quantitative estimate of drug-likeness (QED) is 0.813. The second-order valence-electron chi connectivity index (χ2n) is 5.23. The van der Waals surface area contributed by atoms with Crippen molar-refractivity contribution in [2.24, 2.45) is 27.6 Å². The van der Waals surface area contributed by atoms with Crippen LogP contribution in [0.4, 0.5) is 0 Å². The summed E-state index contributed by atoms with van der Waals surface area (Å²) in [6.45, 7) is 0. The first-order valence-corrected chi connectivity index (χ1v) is 6.58. The predicted octanol–water partition coefficient (Wildman–Crippen LogP) is 1.56. The highest BCUT2D eigenvalue weighted by Crippen LogP contribution is 2.37. The molecule has 19 heavy (non-hydrogen) atoms. The Hall–Kier alpha value is -1.91. The van der Waals surface area contributed by atoms with Crippen LogP contribution in [0.3, 0.4) is 0 Å². The van der Waals surface area contributed by atoms with Gasteiger partial charge in [-0.15, -0.1) is 0 Å². The molecule has 0 aromatic rings. The maximum Gasteiger partial charge on any atom is 0.228 e. The molecule has 1 fully saturated rings. The molecule has 0 radical (unpaired) electrons. The Labute approximate surface area is 111 Å². The number of hydrogen-bond acceptors (Lipinski definition) is 4. The molecule has 2 aliphatic carbocycles. The first-order chi connectivity index (χ1) is 9.17. The highest BCUT2D eigenvalue weighted by atomic mass is 16.5. The molecule has 5 heteroatoms. The average Bonchev–Trinajstić information content (AvgIpc) is 3.12. The Kier molecular flexibility index (Phi) is 2.97. The van der Waals surface area contributed by atoms with Crippen LogP contribution in [0.5, 0.6) is 0 Å². The summed E-state index contributed by atoms with van der Waals surface area (Å²) in [7, 11) is 1.64. The lowest BCUT2D eigenvalue weighted by Crippen LogP contribution is -2.29. The number of primary amides is 1. The third-order valence-electron chi connectivity index (χ3n) is 3.73. The van der Waals surface area contributed by atoms with E-state index in [9.17, 15) is 4.79 Å². The van der Waals surface area contributed by atoms with Gasteiger partial charge in [-0.25, -0.2) is 9.98 Å². The Bertz CT molecular complexity index is 539. The van der Waals surface area contributed by atoms with Crippen LogP contribution in [0.25, 0.3) is 0 Å². The lowest BCUT2D eigenvalue weighted by Gasteiger charge is -2.10. The van der Waals surface area contributed by atoms with E-state index in [1.54, 1.807) is 7.11 Å². The van der Waals surface area contributed by atoms with Crippen molar-refractivity contribution in [1.82, 2.24) is 0 Å². The van der Waals surface area contributed by atoms with E-state index in [-0.39, 0.29) is 11.8 Å². The standard InChI is InChI=1S/C14H17N3O2/c1-19-9-4-5-11-12(7-9)17-14(16-11)10(13(15)18)6-8-2-3-8/h4-5,8,10H,2-3,6-7H2,1H3,(H2,15,18). The Morgan fingerprint density at radius 2 is 2.26 bits per heavy atom. The van der Waals surface area contributed by atoms with E-state index in [1.165, 1.54) is 12.8 Å². The summed E-state index contributed by atoms with van der Waals surface area (Å²) in [5.41, 5.74) is 7.19. The minimum Gasteiger partial charge on any atom is -0.501 e. The van der Waals surface area contributed by atoms with Crippen molar-refractivity contribution in [1.29, 1.82) is 0 Å². The molecule has 3 aliphatic rings. The fourth-order valence-electron chi connectivity index (χ4n) is 2.40. The van der Waals surface area contributed by atoms with Crippen LogP contribution >= 0.6 is 0 Å². The maximum atomic E-state index is 11.6. The van der Waals surface area contributed by atoms with Gasteiger partial charge in [0.15, 0.2) is 0 Å². The number of hydrogen-bond donors (Lipinski definition) is 1. The summed E-state index contributed by atoms with van der Waals surface area (Å²) in [5.74, 6) is 1.37. The van der Waals surface area contributed by atoms with Crippen LogP contribution in [0.1, 0.15) is 25.7 Å². The molecule has 1 aliphatic heterocycles. The van der Waals surface area contributed by atoms with Gasteiger partial charge in [-0.05, 0) is 24.5 Å². The largest absolute Gasteiger partial charge is 0.501 e. The minimum absolute atomic E-state index is 0.325. The smallest absolute Gasteiger partial charge is 0.228 e. The van der Waals surface area contributed by atoms with Crippen molar-refractivity contribution in [3.05, 3.63) is 23.6 Å². The molecule has 1 atom stereocenters. The minimum atomic E-state index is -0.350. The summed E-state index contributed by atoms with van der Waals surface area (Å²) in [5, 5.41) is 0. The number of nitrogens with two attached hydrogens (primary N) is 1. The van der Waals surface area contributed by atoms with Crippen LogP contribution in [-0.2, 0) is 9.53 Å². The number of carbonyl (C=O) groups excluding carboxylic acids is 1. The van der Waals surface area contributed by atoms with E-state index < -0.39 is 0 Å². The van der Waals surface area contributed by atoms with E-state index in [4.69, 9.17) is 10.5 Å². The zero-order chi connectivity index (χ0) is 13.4. The zero-order valence-corrected chi connectivity index (χ0v) is 10.9. The molecule has 1 amide bonds. The van der Waals surface area contributed by atoms with Crippen LogP contribution in [0.15, 0.2) is 33.6 Å². The van der Waals surface area contributed by atoms with Crippen molar-refractivity contribution >= 4 is 17.5 Å². The van der Waals surface area contributed by atoms with Gasteiger partial charge in [0.05, 0.1) is 24.4 Å². The number of carbonyl (C=O) groups is 1. The molecule has 1 unspecified atom stereocenters. The van der Waals surface area contributed by atoms with Gasteiger partial charge in [0, 0.05) is 6.42 Å². The van der Waals surface area contributed by atoms with Crippen LogP contribution in [-0.4, -0.2) is 24.6 Å². The van der Waals surface area contributed by atoms with Gasteiger partial charge in [0.1, 0.15) is 11.6 Å². The zero-order valence-electron chi connectivity index (χ0n) is 10.9. The molecule has 100 valence electrons. The molecule has 0 spiro atoms. The number of nitrogens with zero attached hydrogens (tertiary/aromatic N) is 2. The number of methoxy groups -OCH3 is 1. The molecule has 0 aromatic heterocycles. The summed E-state index contributed by atoms with van der Waals surface area (Å²) >= 11 is 0. The van der Waals surface area contributed by atoms with Gasteiger partial charge in [0.25, 0.3) is 0 Å². The fourth-order valence-corrected chi connectivity index (χ4v) is 2.40. The topological polar surface area (TPSA) is 77.0 Å². The first-order valence-electron chi connectivity index (χ1n) is 6.58. The first kappa shape index (κ1) is 12.1. The van der Waals surface area contributed by atoms with E-state index in [0.29, 0.717) is 18.2 Å². The summed E-state index contributed by atoms with van der Waals surface area (Å²) < 4.78 is 5.21. The number of aliphatic imine (C=N–C) groups is 2. The van der Waals surface area contributed by atoms with E-state index in [1.807, 2.05) is 12.2 Å². The van der Waals surface area contributed by atoms with Crippen molar-refractivity contribution in [3.8, 4) is 0 Å². The molecular weight excluding hydrogens is 242 g/mol.